The smallest absolute Gasteiger partial charge is 0.126 e. The largest absolute Gasteiger partial charge is 0.507 e. The molecule has 0 radical (unpaired) electrons. The number of hydrogen-bond acceptors (Lipinski definition) is 2. The molecule has 3 fully saturated rings. The maximum absolute atomic E-state index is 12.4. The van der Waals surface area contributed by atoms with Crippen molar-refractivity contribution in [3.05, 3.63) is 46.0 Å². The zero-order valence-electron chi connectivity index (χ0n) is 40.6. The minimum atomic E-state index is 0.390. The average Bonchev–Trinajstić information content (AvgIpc) is 3.29. The Bertz CT molecular complexity index is 1440. The number of phenols is 2. The van der Waals surface area contributed by atoms with Crippen molar-refractivity contribution in [1.29, 1.82) is 0 Å². The fraction of sp³-hybridized carbons (Fsp3) is 0.797. The van der Waals surface area contributed by atoms with E-state index < -0.39 is 0 Å². The average molecular weight is 839 g/mol. The summed E-state index contributed by atoms with van der Waals surface area (Å²) in [4.78, 5) is 0. The second-order valence-corrected chi connectivity index (χ2v) is 21.1. The summed E-state index contributed by atoms with van der Waals surface area (Å²) in [7, 11) is 0. The lowest BCUT2D eigenvalue weighted by Crippen LogP contribution is -2.15. The Morgan fingerprint density at radius 3 is 1.16 bits per heavy atom. The number of aryl methyl sites for hydroxylation is 2. The van der Waals surface area contributed by atoms with Gasteiger partial charge in [0.05, 0.1) is 0 Å². The van der Waals surface area contributed by atoms with E-state index in [0.717, 1.165) is 36.8 Å². The van der Waals surface area contributed by atoms with Crippen LogP contribution in [0.4, 0.5) is 0 Å². The van der Waals surface area contributed by atoms with Crippen LogP contribution in [0.2, 0.25) is 0 Å². The molecule has 0 aromatic heterocycles. The van der Waals surface area contributed by atoms with Crippen LogP contribution in [0.5, 0.6) is 11.5 Å². The van der Waals surface area contributed by atoms with E-state index in [2.05, 4.69) is 32.0 Å². The summed E-state index contributed by atoms with van der Waals surface area (Å²) < 4.78 is 0. The molecule has 5 rings (SSSR count). The van der Waals surface area contributed by atoms with Crippen molar-refractivity contribution < 1.29 is 10.2 Å². The highest BCUT2D eigenvalue weighted by Crippen LogP contribution is 2.54. The van der Waals surface area contributed by atoms with Crippen LogP contribution in [0.25, 0.3) is 11.1 Å². The van der Waals surface area contributed by atoms with E-state index in [0.29, 0.717) is 29.3 Å². The molecule has 61 heavy (non-hydrogen) atoms. The fourth-order valence-electron chi connectivity index (χ4n) is 12.2. The molecular formula is C59H98O2. The summed E-state index contributed by atoms with van der Waals surface area (Å²) in [6.07, 6.45) is 56.7. The number of phenolic OH excluding ortho intramolecular Hbond substituents is 2. The quantitative estimate of drug-likeness (QED) is 0.0743. The van der Waals surface area contributed by atoms with Crippen molar-refractivity contribution in [3.8, 4) is 22.6 Å². The van der Waals surface area contributed by atoms with E-state index in [-0.39, 0.29) is 0 Å². The molecule has 0 amide bonds. The molecule has 0 unspecified atom stereocenters. The molecule has 0 atom stereocenters. The summed E-state index contributed by atoms with van der Waals surface area (Å²) in [5, 5.41) is 24.6. The van der Waals surface area contributed by atoms with E-state index in [1.165, 1.54) is 272 Å². The van der Waals surface area contributed by atoms with Crippen LogP contribution in [0.15, 0.2) is 18.2 Å². The number of unbranched alkanes of at least 4 members (excludes halogenated alkanes) is 25. The Hall–Kier alpha value is -1.96. The molecule has 0 heterocycles. The van der Waals surface area contributed by atoms with Gasteiger partial charge in [-0.25, -0.2) is 0 Å². The van der Waals surface area contributed by atoms with Crippen molar-refractivity contribution >= 4 is 0 Å². The summed E-state index contributed by atoms with van der Waals surface area (Å²) in [6, 6.07) is 7.01. The molecule has 3 aliphatic rings. The molecule has 0 bridgehead atoms. The maximum Gasteiger partial charge on any atom is 0.126 e. The number of rotatable bonds is 31. The summed E-state index contributed by atoms with van der Waals surface area (Å²) in [5.74, 6) is 2.51. The van der Waals surface area contributed by atoms with Crippen molar-refractivity contribution in [3.63, 3.8) is 0 Å². The molecule has 2 N–H and O–H groups in total. The van der Waals surface area contributed by atoms with Gasteiger partial charge in [-0.2, -0.15) is 0 Å². The Kier molecular flexibility index (Phi) is 24.8. The van der Waals surface area contributed by atoms with Gasteiger partial charge in [0.1, 0.15) is 11.5 Å². The SMILES string of the molecule is CCCCCCCCCCCCCCCCCCCCCCCCCCCCc1cc(C)cc(-c2c(C3CCCCC3)cc(C3CCCCC3)c(O)c2C2CCCCC2)c1O. The highest BCUT2D eigenvalue weighted by molar-refractivity contribution is 5.82. The molecule has 0 saturated heterocycles. The fourth-order valence-corrected chi connectivity index (χ4v) is 12.2. The number of hydrogen-bond donors (Lipinski definition) is 2. The van der Waals surface area contributed by atoms with Crippen molar-refractivity contribution in [2.24, 2.45) is 0 Å². The molecule has 346 valence electrons. The van der Waals surface area contributed by atoms with Crippen LogP contribution in [-0.2, 0) is 6.42 Å². The number of aromatic hydroxyl groups is 2. The first-order valence-electron chi connectivity index (χ1n) is 27.8. The van der Waals surface area contributed by atoms with E-state index in [9.17, 15) is 10.2 Å². The van der Waals surface area contributed by atoms with Crippen LogP contribution in [0.1, 0.15) is 316 Å². The number of benzene rings is 2. The van der Waals surface area contributed by atoms with E-state index >= 15 is 0 Å². The second kappa shape index (κ2) is 30.2. The molecule has 2 nitrogen and oxygen atoms in total. The van der Waals surface area contributed by atoms with Crippen LogP contribution < -0.4 is 0 Å². The van der Waals surface area contributed by atoms with Gasteiger partial charge in [0.2, 0.25) is 0 Å². The molecular weight excluding hydrogens is 741 g/mol. The lowest BCUT2D eigenvalue weighted by atomic mass is 9.71. The van der Waals surface area contributed by atoms with Gasteiger partial charge in [0.25, 0.3) is 0 Å². The third kappa shape index (κ3) is 17.5. The molecule has 0 aliphatic heterocycles. The molecule has 2 aromatic rings. The summed E-state index contributed by atoms with van der Waals surface area (Å²) in [6.45, 7) is 4.53. The van der Waals surface area contributed by atoms with Crippen LogP contribution in [0, 0.1) is 6.92 Å². The maximum atomic E-state index is 12.4. The molecule has 3 saturated carbocycles. The third-order valence-electron chi connectivity index (χ3n) is 15.9. The van der Waals surface area contributed by atoms with Gasteiger partial charge in [-0.3, -0.25) is 0 Å². The predicted octanol–water partition coefficient (Wildman–Crippen LogP) is 19.9. The van der Waals surface area contributed by atoms with Gasteiger partial charge < -0.3 is 10.2 Å². The van der Waals surface area contributed by atoms with Gasteiger partial charge in [-0.05, 0) is 110 Å². The summed E-state index contributed by atoms with van der Waals surface area (Å²) >= 11 is 0. The highest BCUT2D eigenvalue weighted by atomic mass is 16.3. The third-order valence-corrected chi connectivity index (χ3v) is 15.9. The Morgan fingerprint density at radius 1 is 0.393 bits per heavy atom. The monoisotopic (exact) mass is 839 g/mol. The van der Waals surface area contributed by atoms with Crippen LogP contribution in [-0.4, -0.2) is 10.2 Å². The van der Waals surface area contributed by atoms with Gasteiger partial charge in [0, 0.05) is 11.1 Å². The zero-order chi connectivity index (χ0) is 42.7. The Labute approximate surface area is 378 Å². The van der Waals surface area contributed by atoms with Crippen molar-refractivity contribution in [2.45, 2.75) is 301 Å². The first-order chi connectivity index (χ1) is 30.1. The molecule has 0 spiro atoms. The second-order valence-electron chi connectivity index (χ2n) is 21.1. The lowest BCUT2D eigenvalue weighted by Gasteiger charge is -2.34. The first kappa shape index (κ1) is 50.0. The minimum Gasteiger partial charge on any atom is -0.507 e. The van der Waals surface area contributed by atoms with Crippen molar-refractivity contribution in [2.75, 3.05) is 0 Å². The highest BCUT2D eigenvalue weighted by Gasteiger charge is 2.33. The Balaban J connectivity index is 1.00. The van der Waals surface area contributed by atoms with E-state index in [1.807, 2.05) is 0 Å². The minimum absolute atomic E-state index is 0.390. The Morgan fingerprint density at radius 2 is 0.754 bits per heavy atom. The molecule has 3 aliphatic carbocycles. The van der Waals surface area contributed by atoms with E-state index in [1.54, 1.807) is 0 Å². The summed E-state index contributed by atoms with van der Waals surface area (Å²) in [5.41, 5.74) is 8.57. The lowest BCUT2D eigenvalue weighted by molar-refractivity contribution is 0.390. The van der Waals surface area contributed by atoms with Gasteiger partial charge in [0.15, 0.2) is 0 Å². The standard InChI is InChI=1S/C59H98O2/c1-3-4-5-6-7-8-9-10-11-12-13-14-15-16-17-18-19-20-21-22-23-24-25-26-27-31-44-52-45-48(2)46-55(58(52)60)57-53(49-38-32-28-33-39-49)47-54(50-40-34-29-35-41-50)59(61)56(57)51-42-36-30-37-43-51/h45-47,49-51,60-61H,3-44H2,1-2H3. The van der Waals surface area contributed by atoms with Crippen LogP contribution in [0.3, 0.4) is 0 Å². The predicted molar refractivity (Wildman–Crippen MR) is 267 cm³/mol. The topological polar surface area (TPSA) is 40.5 Å². The zero-order valence-corrected chi connectivity index (χ0v) is 40.6. The van der Waals surface area contributed by atoms with E-state index in [4.69, 9.17) is 0 Å². The van der Waals surface area contributed by atoms with Crippen LogP contribution >= 0.6 is 0 Å². The van der Waals surface area contributed by atoms with Gasteiger partial charge in [-0.1, -0.05) is 237 Å². The van der Waals surface area contributed by atoms with Crippen molar-refractivity contribution in [1.82, 2.24) is 0 Å². The molecule has 2 aromatic carbocycles. The normalized spacial score (nSPS) is 17.1. The van der Waals surface area contributed by atoms with Gasteiger partial charge in [-0.15, -0.1) is 0 Å². The first-order valence-corrected chi connectivity index (χ1v) is 27.8. The van der Waals surface area contributed by atoms with Gasteiger partial charge >= 0.3 is 0 Å². The molecule has 2 heteroatoms.